The van der Waals surface area contributed by atoms with Crippen molar-refractivity contribution in [3.05, 3.63) is 53.3 Å². The van der Waals surface area contributed by atoms with Crippen LogP contribution in [0.5, 0.6) is 0 Å². The number of aromatic nitrogens is 1. The minimum atomic E-state index is -0.533. The molecule has 0 aliphatic heterocycles. The summed E-state index contributed by atoms with van der Waals surface area (Å²) in [5.41, 5.74) is 0.675. The zero-order valence-corrected chi connectivity index (χ0v) is 10.9. The third-order valence-corrected chi connectivity index (χ3v) is 3.75. The summed E-state index contributed by atoms with van der Waals surface area (Å²) in [5.74, 6) is 0. The van der Waals surface area contributed by atoms with Gasteiger partial charge in [-0.1, -0.05) is 35.5 Å². The molecule has 0 amide bonds. The van der Waals surface area contributed by atoms with Gasteiger partial charge in [0.15, 0.2) is 0 Å². The van der Waals surface area contributed by atoms with E-state index >= 15 is 0 Å². The molecule has 1 atom stereocenters. The average molecular weight is 266 g/mol. The Morgan fingerprint density at radius 2 is 2.00 bits per heavy atom. The van der Waals surface area contributed by atoms with Crippen molar-refractivity contribution in [2.45, 2.75) is 22.8 Å². The van der Waals surface area contributed by atoms with E-state index in [1.54, 1.807) is 24.9 Å². The van der Waals surface area contributed by atoms with Crippen LogP contribution in [0.3, 0.4) is 0 Å². The molecule has 0 saturated carbocycles. The van der Waals surface area contributed by atoms with Crippen LogP contribution in [0.2, 0.25) is 5.02 Å². The van der Waals surface area contributed by atoms with E-state index in [0.717, 1.165) is 14.8 Å². The summed E-state index contributed by atoms with van der Waals surface area (Å²) in [5, 5.41) is 10.1. The zero-order chi connectivity index (χ0) is 12.3. The maximum Gasteiger partial charge on any atom is 0.0931 e. The Morgan fingerprint density at radius 3 is 2.59 bits per heavy atom. The highest BCUT2D eigenvalue weighted by Crippen LogP contribution is 2.32. The Bertz CT molecular complexity index is 499. The first-order valence-corrected chi connectivity index (χ1v) is 6.42. The van der Waals surface area contributed by atoms with Crippen molar-refractivity contribution >= 4 is 23.4 Å². The molecule has 1 N–H and O–H groups in total. The molecule has 0 bridgehead atoms. The van der Waals surface area contributed by atoms with Crippen LogP contribution in [0.15, 0.2) is 52.4 Å². The maximum absolute atomic E-state index is 9.36. The normalized spacial score (nSPS) is 12.4. The predicted octanol–water partition coefficient (Wildman–Crippen LogP) is 3.94. The highest BCUT2D eigenvalue weighted by molar-refractivity contribution is 7.99. The number of benzene rings is 1. The SMILES string of the molecule is C[C@H](O)c1ccc(Sc2ccccc2Cl)cn1. The van der Waals surface area contributed by atoms with Crippen molar-refractivity contribution in [3.8, 4) is 0 Å². The van der Waals surface area contributed by atoms with Gasteiger partial charge in [0.05, 0.1) is 16.8 Å². The quantitative estimate of drug-likeness (QED) is 0.913. The second-order valence-corrected chi connectivity index (χ2v) is 5.15. The summed E-state index contributed by atoms with van der Waals surface area (Å²) >= 11 is 7.63. The Balaban J connectivity index is 2.17. The number of rotatable bonds is 3. The lowest BCUT2D eigenvalue weighted by atomic mass is 10.2. The highest BCUT2D eigenvalue weighted by atomic mass is 35.5. The summed E-state index contributed by atoms with van der Waals surface area (Å²) in [6, 6.07) is 11.4. The minimum Gasteiger partial charge on any atom is -0.387 e. The summed E-state index contributed by atoms with van der Waals surface area (Å²) < 4.78 is 0. The number of aliphatic hydroxyl groups is 1. The van der Waals surface area contributed by atoms with Gasteiger partial charge in [-0.2, -0.15) is 0 Å². The standard InChI is InChI=1S/C13H12ClNOS/c1-9(16)12-7-6-10(8-15-12)17-13-5-3-2-4-11(13)14/h2-9,16H,1H3/t9-/m0/s1. The number of halogens is 1. The summed E-state index contributed by atoms with van der Waals surface area (Å²) in [4.78, 5) is 6.19. The third kappa shape index (κ3) is 3.22. The molecule has 17 heavy (non-hydrogen) atoms. The van der Waals surface area contributed by atoms with Crippen LogP contribution in [0.25, 0.3) is 0 Å². The molecule has 4 heteroatoms. The molecular formula is C13H12ClNOS. The van der Waals surface area contributed by atoms with Crippen molar-refractivity contribution in [1.82, 2.24) is 4.98 Å². The molecule has 0 spiro atoms. The Hall–Kier alpha value is -1.03. The highest BCUT2D eigenvalue weighted by Gasteiger charge is 2.04. The van der Waals surface area contributed by atoms with Crippen LogP contribution in [0.1, 0.15) is 18.7 Å². The van der Waals surface area contributed by atoms with Crippen LogP contribution in [-0.4, -0.2) is 10.1 Å². The number of nitrogens with zero attached hydrogens (tertiary/aromatic N) is 1. The van der Waals surface area contributed by atoms with Gasteiger partial charge in [0.1, 0.15) is 0 Å². The predicted molar refractivity (Wildman–Crippen MR) is 70.4 cm³/mol. The number of hydrogen-bond donors (Lipinski definition) is 1. The molecule has 0 saturated heterocycles. The third-order valence-electron chi connectivity index (χ3n) is 2.25. The smallest absolute Gasteiger partial charge is 0.0931 e. The van der Waals surface area contributed by atoms with Crippen molar-refractivity contribution in [2.24, 2.45) is 0 Å². The monoisotopic (exact) mass is 265 g/mol. The zero-order valence-electron chi connectivity index (χ0n) is 9.30. The fourth-order valence-electron chi connectivity index (χ4n) is 1.35. The summed E-state index contributed by atoms with van der Waals surface area (Å²) in [6.07, 6.45) is 1.21. The van der Waals surface area contributed by atoms with Gasteiger partial charge in [0, 0.05) is 16.0 Å². The van der Waals surface area contributed by atoms with Gasteiger partial charge in [-0.3, -0.25) is 4.98 Å². The molecule has 1 aromatic carbocycles. The lowest BCUT2D eigenvalue weighted by Gasteiger charge is -2.06. The first kappa shape index (κ1) is 12.4. The van der Waals surface area contributed by atoms with Crippen LogP contribution in [0.4, 0.5) is 0 Å². The molecule has 2 aromatic rings. The number of hydrogen-bond acceptors (Lipinski definition) is 3. The van der Waals surface area contributed by atoms with Crippen LogP contribution >= 0.6 is 23.4 Å². The van der Waals surface area contributed by atoms with Crippen LogP contribution in [-0.2, 0) is 0 Å². The minimum absolute atomic E-state index is 0.533. The topological polar surface area (TPSA) is 33.1 Å². The molecule has 1 heterocycles. The fourth-order valence-corrected chi connectivity index (χ4v) is 2.41. The van der Waals surface area contributed by atoms with E-state index in [0.29, 0.717) is 5.69 Å². The van der Waals surface area contributed by atoms with E-state index in [2.05, 4.69) is 4.98 Å². The van der Waals surface area contributed by atoms with Gasteiger partial charge in [0.2, 0.25) is 0 Å². The van der Waals surface area contributed by atoms with Crippen molar-refractivity contribution in [1.29, 1.82) is 0 Å². The van der Waals surface area contributed by atoms with Crippen molar-refractivity contribution in [2.75, 3.05) is 0 Å². The van der Waals surface area contributed by atoms with Gasteiger partial charge in [-0.15, -0.1) is 0 Å². The van der Waals surface area contributed by atoms with Gasteiger partial charge < -0.3 is 5.11 Å². The first-order chi connectivity index (χ1) is 8.16. The van der Waals surface area contributed by atoms with Crippen molar-refractivity contribution < 1.29 is 5.11 Å². The number of aliphatic hydroxyl groups excluding tert-OH is 1. The molecule has 2 nitrogen and oxygen atoms in total. The van der Waals surface area contributed by atoms with E-state index in [1.807, 2.05) is 36.4 Å². The molecular weight excluding hydrogens is 254 g/mol. The Labute approximate surface area is 110 Å². The van der Waals surface area contributed by atoms with E-state index in [-0.39, 0.29) is 0 Å². The maximum atomic E-state index is 9.36. The second-order valence-electron chi connectivity index (χ2n) is 3.63. The molecule has 0 aliphatic carbocycles. The molecule has 0 radical (unpaired) electrons. The van der Waals surface area contributed by atoms with E-state index < -0.39 is 6.10 Å². The Morgan fingerprint density at radius 1 is 1.24 bits per heavy atom. The second kappa shape index (κ2) is 5.54. The summed E-state index contributed by atoms with van der Waals surface area (Å²) in [7, 11) is 0. The molecule has 0 unspecified atom stereocenters. The van der Waals surface area contributed by atoms with Gasteiger partial charge >= 0.3 is 0 Å². The van der Waals surface area contributed by atoms with Crippen molar-refractivity contribution in [3.63, 3.8) is 0 Å². The lowest BCUT2D eigenvalue weighted by molar-refractivity contribution is 0.194. The molecule has 88 valence electrons. The van der Waals surface area contributed by atoms with Gasteiger partial charge in [-0.25, -0.2) is 0 Å². The molecule has 0 fully saturated rings. The van der Waals surface area contributed by atoms with E-state index in [9.17, 15) is 5.11 Å². The Kier molecular flexibility index (Phi) is 4.05. The summed E-state index contributed by atoms with van der Waals surface area (Å²) in [6.45, 7) is 1.70. The molecule has 1 aromatic heterocycles. The first-order valence-electron chi connectivity index (χ1n) is 5.23. The largest absolute Gasteiger partial charge is 0.387 e. The lowest BCUT2D eigenvalue weighted by Crippen LogP contribution is -1.94. The van der Waals surface area contributed by atoms with Crippen LogP contribution in [0, 0.1) is 0 Å². The average Bonchev–Trinajstić information content (AvgIpc) is 2.33. The number of pyridine rings is 1. The van der Waals surface area contributed by atoms with Gasteiger partial charge in [0.25, 0.3) is 0 Å². The van der Waals surface area contributed by atoms with Gasteiger partial charge in [-0.05, 0) is 31.2 Å². The van der Waals surface area contributed by atoms with Crippen LogP contribution < -0.4 is 0 Å². The molecule has 2 rings (SSSR count). The van der Waals surface area contributed by atoms with E-state index in [1.165, 1.54) is 0 Å². The molecule has 0 aliphatic rings. The fraction of sp³-hybridized carbons (Fsp3) is 0.154. The van der Waals surface area contributed by atoms with E-state index in [4.69, 9.17) is 11.6 Å².